The molecule has 134 valence electrons. The quantitative estimate of drug-likeness (QED) is 0.772. The van der Waals surface area contributed by atoms with E-state index in [9.17, 15) is 9.59 Å². The Kier molecular flexibility index (Phi) is 4.36. The molecule has 0 saturated carbocycles. The fraction of sp³-hybridized carbons (Fsp3) is 0.350. The van der Waals surface area contributed by atoms with Crippen molar-refractivity contribution >= 4 is 28.1 Å². The maximum absolute atomic E-state index is 12.8. The summed E-state index contributed by atoms with van der Waals surface area (Å²) in [6.45, 7) is 2.54. The van der Waals surface area contributed by atoms with E-state index in [1.54, 1.807) is 29.4 Å². The molecule has 1 aliphatic rings. The lowest BCUT2D eigenvalue weighted by Gasteiger charge is -2.16. The highest BCUT2D eigenvalue weighted by molar-refractivity contribution is 7.14. The highest BCUT2D eigenvalue weighted by Crippen LogP contribution is 2.32. The number of fused-ring (bicyclic) bond motifs is 2. The van der Waals surface area contributed by atoms with Crippen LogP contribution in [0.3, 0.4) is 0 Å². The molecule has 26 heavy (non-hydrogen) atoms. The number of aromatic amines is 1. The summed E-state index contributed by atoms with van der Waals surface area (Å²) in [5, 5.41) is 0.560. The molecule has 1 unspecified atom stereocenters. The Labute approximate surface area is 155 Å². The molecule has 1 aliphatic carbocycles. The van der Waals surface area contributed by atoms with Gasteiger partial charge in [0.2, 0.25) is 0 Å². The number of carbonyl (C=O) groups excluding carboxylic acids is 1. The third-order valence-electron chi connectivity index (χ3n) is 4.94. The van der Waals surface area contributed by atoms with Gasteiger partial charge in [0, 0.05) is 11.9 Å². The summed E-state index contributed by atoms with van der Waals surface area (Å²) >= 11 is 1.61. The number of rotatable bonds is 3. The van der Waals surface area contributed by atoms with E-state index in [4.69, 9.17) is 0 Å². The van der Waals surface area contributed by atoms with Crippen molar-refractivity contribution in [3.8, 4) is 0 Å². The first-order valence-electron chi connectivity index (χ1n) is 8.86. The smallest absolute Gasteiger partial charge is 0.264 e. The molecule has 0 aliphatic heterocycles. The second kappa shape index (κ2) is 6.68. The average molecular weight is 367 g/mol. The van der Waals surface area contributed by atoms with E-state index < -0.39 is 0 Å². The highest BCUT2D eigenvalue weighted by atomic mass is 32.1. The summed E-state index contributed by atoms with van der Waals surface area (Å²) < 4.78 is 0. The van der Waals surface area contributed by atoms with Gasteiger partial charge < -0.3 is 9.88 Å². The Balaban J connectivity index is 1.56. The van der Waals surface area contributed by atoms with Gasteiger partial charge in [-0.25, -0.2) is 4.98 Å². The van der Waals surface area contributed by atoms with Gasteiger partial charge in [-0.05, 0) is 48.9 Å². The van der Waals surface area contributed by atoms with E-state index in [-0.39, 0.29) is 18.0 Å². The van der Waals surface area contributed by atoms with Crippen LogP contribution in [0.15, 0.2) is 35.1 Å². The molecular formula is C20H21N3O2S. The number of thiophene rings is 1. The van der Waals surface area contributed by atoms with E-state index >= 15 is 0 Å². The number of nitrogens with zero attached hydrogens (tertiary/aromatic N) is 2. The predicted molar refractivity (Wildman–Crippen MR) is 104 cm³/mol. The molecule has 3 aromatic rings. The van der Waals surface area contributed by atoms with Crippen LogP contribution in [0.1, 0.15) is 39.3 Å². The molecule has 0 fully saturated rings. The standard InChI is InChI=1S/C20H21N3O2S/c1-12-7-8-16-13(9-12)10-17(26-16)20(25)23(2)11-18-21-15-6-4-3-5-14(15)19(24)22-18/h3-6,10,12H,7-9,11H2,1-2H3,(H,21,22,24). The number of aromatic nitrogens is 2. The number of carbonyl (C=O) groups is 1. The number of nitrogens with one attached hydrogen (secondary N) is 1. The van der Waals surface area contributed by atoms with E-state index in [2.05, 4.69) is 16.9 Å². The first kappa shape index (κ1) is 17.0. The fourth-order valence-electron chi connectivity index (χ4n) is 3.51. The molecule has 0 radical (unpaired) electrons. The van der Waals surface area contributed by atoms with Crippen molar-refractivity contribution in [1.29, 1.82) is 0 Å². The first-order chi connectivity index (χ1) is 12.5. The third-order valence-corrected chi connectivity index (χ3v) is 6.16. The lowest BCUT2D eigenvalue weighted by molar-refractivity contribution is 0.0786. The van der Waals surface area contributed by atoms with Crippen LogP contribution in [0, 0.1) is 5.92 Å². The fourth-order valence-corrected chi connectivity index (χ4v) is 4.71. The van der Waals surface area contributed by atoms with Gasteiger partial charge in [0.15, 0.2) is 0 Å². The summed E-state index contributed by atoms with van der Waals surface area (Å²) in [7, 11) is 1.75. The zero-order valence-electron chi connectivity index (χ0n) is 14.9. The van der Waals surface area contributed by atoms with Crippen molar-refractivity contribution in [2.24, 2.45) is 5.92 Å². The van der Waals surface area contributed by atoms with Crippen molar-refractivity contribution in [1.82, 2.24) is 14.9 Å². The Morgan fingerprint density at radius 1 is 1.38 bits per heavy atom. The molecule has 0 bridgehead atoms. The lowest BCUT2D eigenvalue weighted by Crippen LogP contribution is -2.27. The second-order valence-electron chi connectivity index (χ2n) is 7.10. The lowest BCUT2D eigenvalue weighted by atomic mass is 9.90. The van der Waals surface area contributed by atoms with E-state index in [0.29, 0.717) is 22.6 Å². The minimum Gasteiger partial charge on any atom is -0.334 e. The van der Waals surface area contributed by atoms with E-state index in [0.717, 1.165) is 17.7 Å². The van der Waals surface area contributed by atoms with Crippen LogP contribution in [0.2, 0.25) is 0 Å². The third kappa shape index (κ3) is 3.17. The number of H-pyrrole nitrogens is 1. The molecule has 1 amide bonds. The molecule has 4 rings (SSSR count). The maximum Gasteiger partial charge on any atom is 0.264 e. The number of hydrogen-bond acceptors (Lipinski definition) is 4. The molecule has 1 aromatic carbocycles. The summed E-state index contributed by atoms with van der Waals surface area (Å²) in [5.74, 6) is 1.16. The predicted octanol–water partition coefficient (Wildman–Crippen LogP) is 3.38. The minimum absolute atomic E-state index is 0.0205. The van der Waals surface area contributed by atoms with Crippen LogP contribution < -0.4 is 5.56 Å². The number of hydrogen-bond donors (Lipinski definition) is 1. The highest BCUT2D eigenvalue weighted by Gasteiger charge is 2.22. The number of benzene rings is 1. The van der Waals surface area contributed by atoms with Crippen molar-refractivity contribution in [3.63, 3.8) is 0 Å². The van der Waals surface area contributed by atoms with Crippen LogP contribution in [0.4, 0.5) is 0 Å². The van der Waals surface area contributed by atoms with Gasteiger partial charge in [0.25, 0.3) is 11.5 Å². The normalized spacial score (nSPS) is 16.5. The van der Waals surface area contributed by atoms with Crippen molar-refractivity contribution in [2.75, 3.05) is 7.05 Å². The molecular weight excluding hydrogens is 346 g/mol. The van der Waals surface area contributed by atoms with Gasteiger partial charge in [-0.15, -0.1) is 11.3 Å². The van der Waals surface area contributed by atoms with Gasteiger partial charge in [0.1, 0.15) is 5.82 Å². The Morgan fingerprint density at radius 2 is 2.19 bits per heavy atom. The van der Waals surface area contributed by atoms with Crippen LogP contribution in [0.25, 0.3) is 10.9 Å². The van der Waals surface area contributed by atoms with Gasteiger partial charge >= 0.3 is 0 Å². The summed E-state index contributed by atoms with van der Waals surface area (Å²) in [6, 6.07) is 9.27. The molecule has 0 spiro atoms. The van der Waals surface area contributed by atoms with Crippen molar-refractivity contribution in [2.45, 2.75) is 32.7 Å². The summed E-state index contributed by atoms with van der Waals surface area (Å²) in [6.07, 6.45) is 3.32. The molecule has 6 heteroatoms. The second-order valence-corrected chi connectivity index (χ2v) is 8.23. The summed E-state index contributed by atoms with van der Waals surface area (Å²) in [4.78, 5) is 36.0. The molecule has 5 nitrogen and oxygen atoms in total. The van der Waals surface area contributed by atoms with E-state index in [1.165, 1.54) is 16.9 Å². The maximum atomic E-state index is 12.8. The molecule has 1 atom stereocenters. The SMILES string of the molecule is CC1CCc2sc(C(=O)N(C)Cc3nc4ccccc4c(=O)[nH]3)cc2C1. The van der Waals surface area contributed by atoms with Gasteiger partial charge in [-0.3, -0.25) is 9.59 Å². The Bertz CT molecular complexity index is 1040. The Hall–Kier alpha value is -2.47. The van der Waals surface area contributed by atoms with E-state index in [1.807, 2.05) is 24.3 Å². The molecule has 0 saturated heterocycles. The number of amides is 1. The molecule has 2 heterocycles. The van der Waals surface area contributed by atoms with Gasteiger partial charge in [0.05, 0.1) is 22.3 Å². The monoisotopic (exact) mass is 367 g/mol. The zero-order valence-corrected chi connectivity index (χ0v) is 15.7. The molecule has 1 N–H and O–H groups in total. The van der Waals surface area contributed by atoms with Gasteiger partial charge in [-0.2, -0.15) is 0 Å². The number of aryl methyl sites for hydroxylation is 1. The summed E-state index contributed by atoms with van der Waals surface area (Å²) in [5.41, 5.74) is 1.79. The van der Waals surface area contributed by atoms with Crippen molar-refractivity contribution < 1.29 is 4.79 Å². The first-order valence-corrected chi connectivity index (χ1v) is 9.68. The Morgan fingerprint density at radius 3 is 3.04 bits per heavy atom. The van der Waals surface area contributed by atoms with Gasteiger partial charge in [-0.1, -0.05) is 19.1 Å². The topological polar surface area (TPSA) is 66.1 Å². The minimum atomic E-state index is -0.174. The number of para-hydroxylation sites is 1. The molecule has 2 aromatic heterocycles. The average Bonchev–Trinajstić information content (AvgIpc) is 3.04. The van der Waals surface area contributed by atoms with Crippen LogP contribution >= 0.6 is 11.3 Å². The largest absolute Gasteiger partial charge is 0.334 e. The van der Waals surface area contributed by atoms with Crippen LogP contribution in [-0.2, 0) is 19.4 Å². The van der Waals surface area contributed by atoms with Crippen LogP contribution in [-0.4, -0.2) is 27.8 Å². The van der Waals surface area contributed by atoms with Crippen molar-refractivity contribution in [3.05, 3.63) is 61.8 Å². The zero-order chi connectivity index (χ0) is 18.3. The van der Waals surface area contributed by atoms with Crippen LogP contribution in [0.5, 0.6) is 0 Å².